The third-order valence-electron chi connectivity index (χ3n) is 5.66. The van der Waals surface area contributed by atoms with Crippen LogP contribution in [0.25, 0.3) is 11.0 Å². The summed E-state index contributed by atoms with van der Waals surface area (Å²) < 4.78 is 19.4. The predicted molar refractivity (Wildman–Crippen MR) is 136 cm³/mol. The Labute approximate surface area is 205 Å². The number of fused-ring (bicyclic) bond motifs is 1. The van der Waals surface area contributed by atoms with Crippen molar-refractivity contribution in [2.75, 3.05) is 19.8 Å². The largest absolute Gasteiger partial charge is 0.490 e. The van der Waals surface area contributed by atoms with E-state index >= 15 is 0 Å². The molecule has 0 aliphatic carbocycles. The van der Waals surface area contributed by atoms with Crippen LogP contribution >= 0.6 is 0 Å². The van der Waals surface area contributed by atoms with Gasteiger partial charge in [0, 0.05) is 12.6 Å². The van der Waals surface area contributed by atoms with Crippen LogP contribution in [0, 0.1) is 0 Å². The minimum absolute atomic E-state index is 0.268. The van der Waals surface area contributed by atoms with Gasteiger partial charge in [0.15, 0.2) is 11.5 Å². The summed E-state index contributed by atoms with van der Waals surface area (Å²) in [5.74, 6) is 1.93. The molecule has 182 valence electrons. The molecule has 1 N–H and O–H groups in total. The minimum atomic E-state index is -0.459. The molecule has 0 fully saturated rings. The first-order valence-corrected chi connectivity index (χ1v) is 11.9. The third-order valence-corrected chi connectivity index (χ3v) is 5.66. The van der Waals surface area contributed by atoms with Gasteiger partial charge in [-0.2, -0.15) is 0 Å². The fraction of sp³-hybridized carbons (Fsp3) is 0.286. The van der Waals surface area contributed by atoms with E-state index in [1.165, 1.54) is 0 Å². The first-order chi connectivity index (χ1) is 17.1. The molecule has 0 saturated carbocycles. The van der Waals surface area contributed by atoms with Crippen molar-refractivity contribution in [3.05, 3.63) is 83.7 Å². The molecule has 1 unspecified atom stereocenters. The zero-order valence-electron chi connectivity index (χ0n) is 20.6. The molecule has 0 spiro atoms. The second-order valence-corrected chi connectivity index (χ2v) is 7.94. The third kappa shape index (κ3) is 5.09. The van der Waals surface area contributed by atoms with Gasteiger partial charge in [0.2, 0.25) is 5.75 Å². The SMILES string of the molecule is CCOc1cc(C(=O)NC(c2ccccc2)c2nc3ccccc3n2C)cc(OCC)c1OCC. The number of carbonyl (C=O) groups is 1. The zero-order chi connectivity index (χ0) is 24.8. The van der Waals surface area contributed by atoms with E-state index in [2.05, 4.69) is 5.32 Å². The van der Waals surface area contributed by atoms with Crippen LogP contribution in [0.5, 0.6) is 17.2 Å². The summed E-state index contributed by atoms with van der Waals surface area (Å²) in [5, 5.41) is 3.18. The number of ether oxygens (including phenoxy) is 3. The molecule has 1 amide bonds. The number of benzene rings is 3. The molecule has 0 saturated heterocycles. The standard InChI is InChI=1S/C28H31N3O4/c1-5-33-23-17-20(18-24(34-6-2)26(23)35-7-3)28(32)30-25(19-13-9-8-10-14-19)27-29-21-15-11-12-16-22(21)31(27)4/h8-18,25H,5-7H2,1-4H3,(H,30,32). The summed E-state index contributed by atoms with van der Waals surface area (Å²) in [5.41, 5.74) is 3.22. The molecule has 4 rings (SSSR count). The van der Waals surface area contributed by atoms with Crippen molar-refractivity contribution < 1.29 is 19.0 Å². The molecule has 0 bridgehead atoms. The van der Waals surface area contributed by atoms with Gasteiger partial charge in [-0.1, -0.05) is 42.5 Å². The number of hydrogen-bond donors (Lipinski definition) is 1. The van der Waals surface area contributed by atoms with Crippen LogP contribution in [0.4, 0.5) is 0 Å². The number of amides is 1. The molecule has 0 aliphatic rings. The number of nitrogens with one attached hydrogen (secondary N) is 1. The Morgan fingerprint density at radius 2 is 1.49 bits per heavy atom. The van der Waals surface area contributed by atoms with Gasteiger partial charge in [-0.05, 0) is 50.6 Å². The molecular weight excluding hydrogens is 442 g/mol. The van der Waals surface area contributed by atoms with Crippen molar-refractivity contribution >= 4 is 16.9 Å². The summed E-state index contributed by atoms with van der Waals surface area (Å²) in [7, 11) is 1.96. The Morgan fingerprint density at radius 3 is 2.09 bits per heavy atom. The van der Waals surface area contributed by atoms with Crippen LogP contribution in [0.1, 0.15) is 48.6 Å². The van der Waals surface area contributed by atoms with Crippen LogP contribution in [0.15, 0.2) is 66.7 Å². The zero-order valence-corrected chi connectivity index (χ0v) is 20.6. The highest BCUT2D eigenvalue weighted by Crippen LogP contribution is 2.39. The van der Waals surface area contributed by atoms with Gasteiger partial charge in [-0.15, -0.1) is 0 Å². The van der Waals surface area contributed by atoms with Gasteiger partial charge in [0.1, 0.15) is 11.9 Å². The highest BCUT2D eigenvalue weighted by Gasteiger charge is 2.25. The second-order valence-electron chi connectivity index (χ2n) is 7.94. The van der Waals surface area contributed by atoms with Crippen molar-refractivity contribution in [3.8, 4) is 17.2 Å². The van der Waals surface area contributed by atoms with Crippen LogP contribution in [0.2, 0.25) is 0 Å². The van der Waals surface area contributed by atoms with E-state index in [9.17, 15) is 4.79 Å². The number of rotatable bonds is 10. The van der Waals surface area contributed by atoms with Crippen molar-refractivity contribution in [2.45, 2.75) is 26.8 Å². The van der Waals surface area contributed by atoms with Crippen molar-refractivity contribution in [1.82, 2.24) is 14.9 Å². The van der Waals surface area contributed by atoms with Crippen molar-refractivity contribution in [1.29, 1.82) is 0 Å². The molecule has 1 aromatic heterocycles. The van der Waals surface area contributed by atoms with Crippen LogP contribution in [0.3, 0.4) is 0 Å². The second kappa shape index (κ2) is 11.0. The summed E-state index contributed by atoms with van der Waals surface area (Å²) in [6, 6.07) is 20.7. The number of para-hydroxylation sites is 2. The molecule has 35 heavy (non-hydrogen) atoms. The molecule has 1 atom stereocenters. The van der Waals surface area contributed by atoms with Gasteiger partial charge < -0.3 is 24.1 Å². The Balaban J connectivity index is 1.76. The minimum Gasteiger partial charge on any atom is -0.490 e. The topological polar surface area (TPSA) is 74.6 Å². The maximum absolute atomic E-state index is 13.6. The highest BCUT2D eigenvalue weighted by molar-refractivity contribution is 5.96. The van der Waals surface area contributed by atoms with Gasteiger partial charge in [0.05, 0.1) is 30.9 Å². The van der Waals surface area contributed by atoms with Crippen molar-refractivity contribution in [2.24, 2.45) is 7.05 Å². The maximum Gasteiger partial charge on any atom is 0.252 e. The van der Waals surface area contributed by atoms with Crippen LogP contribution in [-0.2, 0) is 7.05 Å². The van der Waals surface area contributed by atoms with Crippen LogP contribution in [-0.4, -0.2) is 35.3 Å². The van der Waals surface area contributed by atoms with Gasteiger partial charge in [-0.25, -0.2) is 4.98 Å². The van der Waals surface area contributed by atoms with E-state index in [4.69, 9.17) is 19.2 Å². The predicted octanol–water partition coefficient (Wildman–Crippen LogP) is 5.29. The van der Waals surface area contributed by atoms with Gasteiger partial charge in [0.25, 0.3) is 5.91 Å². The van der Waals surface area contributed by atoms with Crippen LogP contribution < -0.4 is 19.5 Å². The van der Waals surface area contributed by atoms with E-state index in [0.29, 0.717) is 42.6 Å². The molecule has 7 heteroatoms. The lowest BCUT2D eigenvalue weighted by molar-refractivity contribution is 0.0940. The average Bonchev–Trinajstić information content (AvgIpc) is 3.21. The number of carbonyl (C=O) groups excluding carboxylic acids is 1. The Morgan fingerprint density at radius 1 is 0.886 bits per heavy atom. The molecule has 0 aliphatic heterocycles. The number of aromatic nitrogens is 2. The highest BCUT2D eigenvalue weighted by atomic mass is 16.5. The lowest BCUT2D eigenvalue weighted by atomic mass is 10.0. The Kier molecular flexibility index (Phi) is 7.55. The van der Waals surface area contributed by atoms with E-state index in [0.717, 1.165) is 22.4 Å². The molecular formula is C28H31N3O4. The first kappa shape index (κ1) is 24.1. The van der Waals surface area contributed by atoms with E-state index in [1.807, 2.05) is 87.0 Å². The number of imidazole rings is 1. The summed E-state index contributed by atoms with van der Waals surface area (Å²) in [6.07, 6.45) is 0. The van der Waals surface area contributed by atoms with E-state index in [-0.39, 0.29) is 5.91 Å². The molecule has 1 heterocycles. The molecule has 4 aromatic rings. The molecule has 3 aromatic carbocycles. The molecule has 7 nitrogen and oxygen atoms in total. The van der Waals surface area contributed by atoms with E-state index in [1.54, 1.807) is 12.1 Å². The number of hydrogen-bond acceptors (Lipinski definition) is 5. The Hall–Kier alpha value is -4.00. The normalized spacial score (nSPS) is 11.8. The molecule has 0 radical (unpaired) electrons. The Bertz CT molecular complexity index is 1270. The lowest BCUT2D eigenvalue weighted by Gasteiger charge is -2.21. The lowest BCUT2D eigenvalue weighted by Crippen LogP contribution is -2.31. The monoisotopic (exact) mass is 473 g/mol. The summed E-state index contributed by atoms with van der Waals surface area (Å²) in [4.78, 5) is 18.5. The number of nitrogens with zero attached hydrogens (tertiary/aromatic N) is 2. The number of aryl methyl sites for hydroxylation is 1. The fourth-order valence-corrected chi connectivity index (χ4v) is 4.10. The first-order valence-electron chi connectivity index (χ1n) is 11.9. The quantitative estimate of drug-likeness (QED) is 0.339. The smallest absolute Gasteiger partial charge is 0.252 e. The van der Waals surface area contributed by atoms with E-state index < -0.39 is 6.04 Å². The van der Waals surface area contributed by atoms with Gasteiger partial charge in [-0.3, -0.25) is 4.79 Å². The average molecular weight is 474 g/mol. The summed E-state index contributed by atoms with van der Waals surface area (Å²) >= 11 is 0. The van der Waals surface area contributed by atoms with Gasteiger partial charge >= 0.3 is 0 Å². The fourth-order valence-electron chi connectivity index (χ4n) is 4.10. The maximum atomic E-state index is 13.6. The van der Waals surface area contributed by atoms with Crippen molar-refractivity contribution in [3.63, 3.8) is 0 Å². The summed E-state index contributed by atoms with van der Waals surface area (Å²) in [6.45, 7) is 6.99.